The summed E-state index contributed by atoms with van der Waals surface area (Å²) in [4.78, 5) is 19.5. The standard InChI is InChI=1S/C22H27N5O2S/c1-16-24-18(15-30-16)12-21(29)25-22(17-6-4-3-5-7-17)9-11-27(14-20(22)28)13-19-8-10-23-26(19)2/h3-8,10,15,20,28H,9,11-14H2,1-2H3,(H,25,29)/t20-,22+/m1/s1. The van der Waals surface area contributed by atoms with Crippen molar-refractivity contribution in [3.05, 3.63) is 69.9 Å². The van der Waals surface area contributed by atoms with Crippen LogP contribution in [-0.2, 0) is 30.3 Å². The molecule has 2 N–H and O–H groups in total. The number of likely N-dealkylation sites (tertiary alicyclic amines) is 1. The van der Waals surface area contributed by atoms with Crippen molar-refractivity contribution in [2.75, 3.05) is 13.1 Å². The number of piperidine rings is 1. The van der Waals surface area contributed by atoms with E-state index in [0.717, 1.165) is 28.5 Å². The molecule has 1 amide bonds. The molecule has 7 nitrogen and oxygen atoms in total. The summed E-state index contributed by atoms with van der Waals surface area (Å²) in [5.74, 6) is -0.122. The minimum Gasteiger partial charge on any atom is -0.389 e. The van der Waals surface area contributed by atoms with Gasteiger partial charge in [-0.15, -0.1) is 11.3 Å². The zero-order valence-corrected chi connectivity index (χ0v) is 18.1. The van der Waals surface area contributed by atoms with E-state index < -0.39 is 11.6 Å². The van der Waals surface area contributed by atoms with Crippen LogP contribution in [0.3, 0.4) is 0 Å². The van der Waals surface area contributed by atoms with Gasteiger partial charge >= 0.3 is 0 Å². The molecule has 1 aliphatic heterocycles. The third-order valence-electron chi connectivity index (χ3n) is 5.79. The Kier molecular flexibility index (Phi) is 5.99. The summed E-state index contributed by atoms with van der Waals surface area (Å²) >= 11 is 1.54. The quantitative estimate of drug-likeness (QED) is 0.631. The Morgan fingerprint density at radius 3 is 2.77 bits per heavy atom. The van der Waals surface area contributed by atoms with Crippen LogP contribution in [0.25, 0.3) is 0 Å². The molecule has 0 bridgehead atoms. The van der Waals surface area contributed by atoms with Crippen LogP contribution in [-0.4, -0.2) is 49.9 Å². The van der Waals surface area contributed by atoms with Crippen LogP contribution in [0.5, 0.6) is 0 Å². The lowest BCUT2D eigenvalue weighted by molar-refractivity contribution is -0.126. The number of hydrogen-bond donors (Lipinski definition) is 2. The third kappa shape index (κ3) is 4.30. The lowest BCUT2D eigenvalue weighted by Gasteiger charge is -2.46. The van der Waals surface area contributed by atoms with Crippen LogP contribution in [0.4, 0.5) is 0 Å². The molecule has 158 valence electrons. The number of benzene rings is 1. The minimum absolute atomic E-state index is 0.122. The molecule has 1 fully saturated rings. The lowest BCUT2D eigenvalue weighted by atomic mass is 9.78. The first-order valence-corrected chi connectivity index (χ1v) is 11.0. The van der Waals surface area contributed by atoms with Crippen molar-refractivity contribution in [1.82, 2.24) is 25.0 Å². The monoisotopic (exact) mass is 425 g/mol. The van der Waals surface area contributed by atoms with E-state index in [1.807, 2.05) is 60.4 Å². The fourth-order valence-corrected chi connectivity index (χ4v) is 4.77. The number of amides is 1. The number of carbonyl (C=O) groups is 1. The Morgan fingerprint density at radius 2 is 2.13 bits per heavy atom. The summed E-state index contributed by atoms with van der Waals surface area (Å²) in [6, 6.07) is 11.8. The van der Waals surface area contributed by atoms with Crippen LogP contribution in [0, 0.1) is 6.92 Å². The summed E-state index contributed by atoms with van der Waals surface area (Å²) in [7, 11) is 1.92. The van der Waals surface area contributed by atoms with Gasteiger partial charge in [0.25, 0.3) is 0 Å². The van der Waals surface area contributed by atoms with Gasteiger partial charge in [0.15, 0.2) is 0 Å². The highest BCUT2D eigenvalue weighted by Gasteiger charge is 2.44. The number of thiazole rings is 1. The number of nitrogens with one attached hydrogen (secondary N) is 1. The van der Waals surface area contributed by atoms with E-state index in [1.165, 1.54) is 11.3 Å². The fourth-order valence-electron chi connectivity index (χ4n) is 4.16. The highest BCUT2D eigenvalue weighted by molar-refractivity contribution is 7.09. The number of rotatable bonds is 6. The van der Waals surface area contributed by atoms with Gasteiger partial charge in [0, 0.05) is 38.3 Å². The van der Waals surface area contributed by atoms with Crippen LogP contribution < -0.4 is 5.32 Å². The number of hydrogen-bond acceptors (Lipinski definition) is 6. The lowest BCUT2D eigenvalue weighted by Crippen LogP contribution is -2.62. The van der Waals surface area contributed by atoms with Crippen molar-refractivity contribution in [3.63, 3.8) is 0 Å². The molecule has 8 heteroatoms. The molecule has 30 heavy (non-hydrogen) atoms. The van der Waals surface area contributed by atoms with Gasteiger partial charge in [0.1, 0.15) is 0 Å². The van der Waals surface area contributed by atoms with E-state index >= 15 is 0 Å². The van der Waals surface area contributed by atoms with Crippen molar-refractivity contribution < 1.29 is 9.90 Å². The smallest absolute Gasteiger partial charge is 0.226 e. The van der Waals surface area contributed by atoms with E-state index in [-0.39, 0.29) is 12.3 Å². The number of nitrogens with zero attached hydrogens (tertiary/aromatic N) is 4. The third-order valence-corrected chi connectivity index (χ3v) is 6.61. The van der Waals surface area contributed by atoms with Gasteiger partial charge in [0.2, 0.25) is 5.91 Å². The van der Waals surface area contributed by atoms with Crippen LogP contribution in [0.1, 0.15) is 28.4 Å². The number of aryl methyl sites for hydroxylation is 2. The van der Waals surface area contributed by atoms with E-state index in [1.54, 1.807) is 6.20 Å². The second kappa shape index (κ2) is 8.67. The number of carbonyl (C=O) groups excluding carboxylic acids is 1. The maximum absolute atomic E-state index is 12.9. The predicted octanol–water partition coefficient (Wildman–Crippen LogP) is 2.01. The zero-order chi connectivity index (χ0) is 21.1. The Morgan fingerprint density at radius 1 is 1.33 bits per heavy atom. The number of aliphatic hydroxyl groups excluding tert-OH is 1. The molecule has 0 saturated carbocycles. The maximum atomic E-state index is 12.9. The fraction of sp³-hybridized carbons (Fsp3) is 0.409. The molecular formula is C22H27N5O2S. The first-order chi connectivity index (χ1) is 14.5. The van der Waals surface area contributed by atoms with Gasteiger partial charge in [-0.3, -0.25) is 14.4 Å². The van der Waals surface area contributed by atoms with E-state index in [0.29, 0.717) is 19.5 Å². The average molecular weight is 426 g/mol. The van der Waals surface area contributed by atoms with Gasteiger partial charge in [-0.25, -0.2) is 4.98 Å². The maximum Gasteiger partial charge on any atom is 0.226 e. The Hall–Kier alpha value is -2.55. The molecule has 3 heterocycles. The van der Waals surface area contributed by atoms with E-state index in [4.69, 9.17) is 0 Å². The second-order valence-corrected chi connectivity index (χ2v) is 8.93. The van der Waals surface area contributed by atoms with Crippen molar-refractivity contribution >= 4 is 17.2 Å². The van der Waals surface area contributed by atoms with Gasteiger partial charge in [0.05, 0.1) is 34.5 Å². The summed E-state index contributed by atoms with van der Waals surface area (Å²) in [6.07, 6.45) is 1.88. The molecule has 3 aromatic rings. The normalized spacial score (nSPS) is 22.2. The molecule has 0 spiro atoms. The molecule has 2 atom stereocenters. The number of aliphatic hydroxyl groups is 1. The molecule has 0 aliphatic carbocycles. The van der Waals surface area contributed by atoms with Crippen molar-refractivity contribution in [2.24, 2.45) is 7.05 Å². The summed E-state index contributed by atoms with van der Waals surface area (Å²) in [5, 5.41) is 21.5. The summed E-state index contributed by atoms with van der Waals surface area (Å²) < 4.78 is 1.85. The van der Waals surface area contributed by atoms with Gasteiger partial charge < -0.3 is 10.4 Å². The second-order valence-electron chi connectivity index (χ2n) is 7.87. The zero-order valence-electron chi connectivity index (χ0n) is 17.3. The van der Waals surface area contributed by atoms with Crippen molar-refractivity contribution in [3.8, 4) is 0 Å². The molecule has 1 saturated heterocycles. The first-order valence-electron chi connectivity index (χ1n) is 10.1. The number of aromatic nitrogens is 3. The topological polar surface area (TPSA) is 83.3 Å². The van der Waals surface area contributed by atoms with E-state index in [9.17, 15) is 9.90 Å². The molecule has 1 aliphatic rings. The van der Waals surface area contributed by atoms with Crippen LogP contribution in [0.15, 0.2) is 48.0 Å². The molecule has 0 radical (unpaired) electrons. The Bertz CT molecular complexity index is 1000. The van der Waals surface area contributed by atoms with Gasteiger partial charge in [-0.1, -0.05) is 30.3 Å². The van der Waals surface area contributed by atoms with Crippen molar-refractivity contribution in [2.45, 2.75) is 38.0 Å². The predicted molar refractivity (Wildman–Crippen MR) is 116 cm³/mol. The molecule has 2 aromatic heterocycles. The summed E-state index contributed by atoms with van der Waals surface area (Å²) in [5.41, 5.74) is 1.98. The summed E-state index contributed by atoms with van der Waals surface area (Å²) in [6.45, 7) is 3.87. The van der Waals surface area contributed by atoms with Gasteiger partial charge in [-0.05, 0) is 25.0 Å². The highest BCUT2D eigenvalue weighted by atomic mass is 32.1. The average Bonchev–Trinajstić information content (AvgIpc) is 3.32. The first kappa shape index (κ1) is 20.7. The Balaban J connectivity index is 1.53. The van der Waals surface area contributed by atoms with Crippen molar-refractivity contribution in [1.29, 1.82) is 0 Å². The largest absolute Gasteiger partial charge is 0.389 e. The SMILES string of the molecule is Cc1nc(CC(=O)N[C@]2(c3ccccc3)CCN(Cc3ccnn3C)C[C@H]2O)cs1. The minimum atomic E-state index is -0.813. The Labute approximate surface area is 180 Å². The number of β-amino-alcohol motifs (C(OH)–C–C–N with tert-alkyl or cyclic N) is 1. The highest BCUT2D eigenvalue weighted by Crippen LogP contribution is 2.34. The van der Waals surface area contributed by atoms with E-state index in [2.05, 4.69) is 20.3 Å². The molecule has 4 rings (SSSR count). The van der Waals surface area contributed by atoms with Crippen LogP contribution in [0.2, 0.25) is 0 Å². The van der Waals surface area contributed by atoms with Gasteiger partial charge in [-0.2, -0.15) is 5.10 Å². The molecular weight excluding hydrogens is 398 g/mol. The van der Waals surface area contributed by atoms with Crippen LogP contribution >= 0.6 is 11.3 Å². The molecule has 0 unspecified atom stereocenters. The molecule has 1 aromatic carbocycles.